The van der Waals surface area contributed by atoms with E-state index in [9.17, 15) is 26.4 Å². The van der Waals surface area contributed by atoms with Gasteiger partial charge in [-0.25, -0.2) is 31.6 Å². The zero-order valence-corrected chi connectivity index (χ0v) is 19.2. The van der Waals surface area contributed by atoms with Crippen LogP contribution in [0.25, 0.3) is 22.4 Å². The number of sulfonamides is 1. The maximum absolute atomic E-state index is 14.8. The van der Waals surface area contributed by atoms with Crippen molar-refractivity contribution in [2.45, 2.75) is 45.1 Å². The van der Waals surface area contributed by atoms with Crippen molar-refractivity contribution in [1.82, 2.24) is 19.5 Å². The van der Waals surface area contributed by atoms with Crippen LogP contribution in [-0.2, 0) is 10.0 Å². The zero-order valence-electron chi connectivity index (χ0n) is 18.4. The fraction of sp³-hybridized carbons (Fsp3) is 0.429. The van der Waals surface area contributed by atoms with Gasteiger partial charge in [0.2, 0.25) is 16.0 Å². The molecular formula is C21H23F3N6O3S. The second kappa shape index (κ2) is 8.53. The molecule has 3 aromatic rings. The predicted octanol–water partition coefficient (Wildman–Crippen LogP) is 3.33. The molecule has 0 aliphatic heterocycles. The van der Waals surface area contributed by atoms with Crippen molar-refractivity contribution in [3.8, 4) is 11.3 Å². The minimum atomic E-state index is -4.23. The van der Waals surface area contributed by atoms with Gasteiger partial charge in [0.1, 0.15) is 17.0 Å². The Labute approximate surface area is 193 Å². The van der Waals surface area contributed by atoms with E-state index in [1.165, 1.54) is 16.8 Å². The van der Waals surface area contributed by atoms with Gasteiger partial charge in [-0.1, -0.05) is 6.07 Å². The number of nitrogens with zero attached hydrogens (tertiary/aromatic N) is 4. The number of hydrogen-bond donors (Lipinski definition) is 2. The highest BCUT2D eigenvalue weighted by Gasteiger charge is 2.45. The summed E-state index contributed by atoms with van der Waals surface area (Å²) >= 11 is 0. The number of nitrogens with one attached hydrogen (secondary N) is 1. The zero-order chi connectivity index (χ0) is 24.8. The molecule has 0 saturated heterocycles. The molecular weight excluding hydrogens is 473 g/mol. The molecule has 1 atom stereocenters. The molecule has 0 radical (unpaired) electrons. The van der Waals surface area contributed by atoms with E-state index in [0.717, 1.165) is 12.1 Å². The largest absolute Gasteiger partial charge is 0.368 e. The Bertz CT molecular complexity index is 1430. The van der Waals surface area contributed by atoms with Crippen molar-refractivity contribution in [3.05, 3.63) is 40.6 Å². The molecule has 0 bridgehead atoms. The van der Waals surface area contributed by atoms with Gasteiger partial charge in [-0.3, -0.25) is 14.1 Å². The molecule has 1 aliphatic rings. The van der Waals surface area contributed by atoms with Crippen LogP contribution in [0, 0.1) is 11.7 Å². The molecule has 1 aromatic carbocycles. The van der Waals surface area contributed by atoms with Crippen LogP contribution in [0.15, 0.2) is 29.2 Å². The quantitative estimate of drug-likeness (QED) is 0.535. The highest BCUT2D eigenvalue weighted by atomic mass is 32.2. The number of hydrogen-bond acceptors (Lipinski definition) is 7. The third-order valence-corrected chi connectivity index (χ3v) is 7.13. The molecule has 0 amide bonds. The van der Waals surface area contributed by atoms with Crippen molar-refractivity contribution < 1.29 is 21.6 Å². The van der Waals surface area contributed by atoms with Crippen LogP contribution in [0.5, 0.6) is 0 Å². The molecule has 34 heavy (non-hydrogen) atoms. The molecule has 3 N–H and O–H groups in total. The summed E-state index contributed by atoms with van der Waals surface area (Å²) < 4.78 is 70.7. The van der Waals surface area contributed by atoms with E-state index < -0.39 is 44.7 Å². The van der Waals surface area contributed by atoms with E-state index in [4.69, 9.17) is 5.73 Å². The van der Waals surface area contributed by atoms with Crippen LogP contribution in [0.3, 0.4) is 0 Å². The van der Waals surface area contributed by atoms with E-state index in [1.807, 2.05) is 4.72 Å². The summed E-state index contributed by atoms with van der Waals surface area (Å²) in [6.45, 7) is 3.52. The molecule has 9 nitrogen and oxygen atoms in total. The minimum Gasteiger partial charge on any atom is -0.368 e. The van der Waals surface area contributed by atoms with Crippen LogP contribution in [-0.4, -0.2) is 39.6 Å². The Morgan fingerprint density at radius 1 is 1.29 bits per heavy atom. The van der Waals surface area contributed by atoms with Crippen molar-refractivity contribution in [3.63, 3.8) is 0 Å². The van der Waals surface area contributed by atoms with Gasteiger partial charge in [0.25, 0.3) is 11.5 Å². The lowest BCUT2D eigenvalue weighted by Gasteiger charge is -2.19. The van der Waals surface area contributed by atoms with Gasteiger partial charge >= 0.3 is 0 Å². The number of halogens is 3. The Hall–Kier alpha value is -3.22. The Morgan fingerprint density at radius 2 is 2.03 bits per heavy atom. The van der Waals surface area contributed by atoms with Gasteiger partial charge in [-0.2, -0.15) is 4.98 Å². The molecule has 182 valence electrons. The van der Waals surface area contributed by atoms with E-state index >= 15 is 0 Å². The lowest BCUT2D eigenvalue weighted by atomic mass is 10.1. The molecule has 1 unspecified atom stereocenters. The summed E-state index contributed by atoms with van der Waals surface area (Å²) in [7, 11) is -4.23. The average molecular weight is 497 g/mol. The fourth-order valence-electron chi connectivity index (χ4n) is 4.11. The van der Waals surface area contributed by atoms with E-state index in [0.29, 0.717) is 0 Å². The molecule has 1 saturated carbocycles. The van der Waals surface area contributed by atoms with Gasteiger partial charge < -0.3 is 5.73 Å². The second-order valence-corrected chi connectivity index (χ2v) is 10.4. The topological polar surface area (TPSA) is 133 Å². The van der Waals surface area contributed by atoms with Gasteiger partial charge in [-0.05, 0) is 38.8 Å². The summed E-state index contributed by atoms with van der Waals surface area (Å²) in [5.41, 5.74) is 5.18. The molecule has 2 heterocycles. The van der Waals surface area contributed by atoms with E-state index in [1.54, 1.807) is 13.8 Å². The third kappa shape index (κ3) is 4.56. The van der Waals surface area contributed by atoms with Crippen molar-refractivity contribution >= 4 is 32.8 Å². The molecule has 1 fully saturated rings. The maximum atomic E-state index is 14.8. The SMILES string of the molecule is CC(C)n1c(=O)c(-c2ccc(NS(=O)(=O)CC3CCCC3(F)F)c(F)c2)nc2cnc(N)nc21. The summed E-state index contributed by atoms with van der Waals surface area (Å²) in [5, 5.41) is 0. The van der Waals surface area contributed by atoms with Crippen LogP contribution in [0.4, 0.5) is 24.8 Å². The molecule has 4 rings (SSSR count). The summed E-state index contributed by atoms with van der Waals surface area (Å²) in [6.07, 6.45) is 1.30. The van der Waals surface area contributed by atoms with Crippen molar-refractivity contribution in [1.29, 1.82) is 0 Å². The van der Waals surface area contributed by atoms with Gasteiger partial charge in [0.05, 0.1) is 17.6 Å². The molecule has 13 heteroatoms. The number of anilines is 2. The standard InChI is InChI=1S/C21H23F3N6O3S/c1-11(2)30-18-16(9-26-20(25)28-18)27-17(19(30)31)12-5-6-15(14(22)8-12)29-34(32,33)10-13-4-3-7-21(13,23)24/h5-6,8-9,11,13,29H,3-4,7,10H2,1-2H3,(H2,25,26,28). The highest BCUT2D eigenvalue weighted by Crippen LogP contribution is 2.41. The number of alkyl halides is 2. The normalized spacial score (nSPS) is 18.0. The average Bonchev–Trinajstić information content (AvgIpc) is 3.05. The molecule has 0 spiro atoms. The number of benzene rings is 1. The van der Waals surface area contributed by atoms with Crippen molar-refractivity contribution in [2.24, 2.45) is 5.92 Å². The lowest BCUT2D eigenvalue weighted by molar-refractivity contribution is -0.0287. The number of nitrogens with two attached hydrogens (primary N) is 1. The second-order valence-electron chi connectivity index (χ2n) is 8.59. The Kier molecular flexibility index (Phi) is 6.00. The molecule has 1 aliphatic carbocycles. The lowest BCUT2D eigenvalue weighted by Crippen LogP contribution is -2.31. The third-order valence-electron chi connectivity index (χ3n) is 5.76. The van der Waals surface area contributed by atoms with Crippen LogP contribution in [0.2, 0.25) is 0 Å². The summed E-state index contributed by atoms with van der Waals surface area (Å²) in [4.78, 5) is 25.3. The number of aromatic nitrogens is 4. The number of rotatable bonds is 6. The number of nitrogen functional groups attached to an aromatic ring is 1. The Morgan fingerprint density at radius 3 is 2.65 bits per heavy atom. The fourth-order valence-corrected chi connectivity index (χ4v) is 5.63. The predicted molar refractivity (Wildman–Crippen MR) is 121 cm³/mol. The maximum Gasteiger partial charge on any atom is 0.278 e. The first-order chi connectivity index (χ1) is 15.9. The summed E-state index contributed by atoms with van der Waals surface area (Å²) in [5.74, 6) is -6.21. The van der Waals surface area contributed by atoms with Crippen LogP contribution in [0.1, 0.15) is 39.2 Å². The van der Waals surface area contributed by atoms with E-state index in [-0.39, 0.29) is 53.7 Å². The Balaban J connectivity index is 1.68. The first-order valence-electron chi connectivity index (χ1n) is 10.6. The first-order valence-corrected chi connectivity index (χ1v) is 12.3. The number of fused-ring (bicyclic) bond motifs is 1. The minimum absolute atomic E-state index is 0.0334. The van der Waals surface area contributed by atoms with Gasteiger partial charge in [-0.15, -0.1) is 0 Å². The molecule has 2 aromatic heterocycles. The summed E-state index contributed by atoms with van der Waals surface area (Å²) in [6, 6.07) is 3.08. The van der Waals surface area contributed by atoms with Gasteiger partial charge in [0, 0.05) is 23.9 Å². The van der Waals surface area contributed by atoms with Gasteiger partial charge in [0.15, 0.2) is 5.65 Å². The first kappa shape index (κ1) is 23.9. The smallest absolute Gasteiger partial charge is 0.278 e. The highest BCUT2D eigenvalue weighted by molar-refractivity contribution is 7.92. The van der Waals surface area contributed by atoms with Crippen LogP contribution < -0.4 is 16.0 Å². The monoisotopic (exact) mass is 496 g/mol. The van der Waals surface area contributed by atoms with Crippen molar-refractivity contribution in [2.75, 3.05) is 16.2 Å². The van der Waals surface area contributed by atoms with E-state index in [2.05, 4.69) is 15.0 Å². The van der Waals surface area contributed by atoms with Crippen LogP contribution >= 0.6 is 0 Å².